The van der Waals surface area contributed by atoms with Gasteiger partial charge in [-0.25, -0.2) is 9.79 Å². The van der Waals surface area contributed by atoms with Gasteiger partial charge in [-0.15, -0.1) is 0 Å². The van der Waals surface area contributed by atoms with Gasteiger partial charge in [0.15, 0.2) is 16.3 Å². The highest BCUT2D eigenvalue weighted by molar-refractivity contribution is 7.07. The number of thiazole rings is 1. The minimum atomic E-state index is -1.14. The Labute approximate surface area is 270 Å². The molecule has 2 aromatic heterocycles. The van der Waals surface area contributed by atoms with E-state index in [4.69, 9.17) is 20.8 Å². The molecule has 0 saturated carbocycles. The van der Waals surface area contributed by atoms with Crippen LogP contribution in [0.3, 0.4) is 0 Å². The molecule has 232 valence electrons. The molecule has 0 fully saturated rings. The second kappa shape index (κ2) is 12.5. The molecular formula is C34H26ClN3O7S. The van der Waals surface area contributed by atoms with E-state index in [-0.39, 0.29) is 27.7 Å². The van der Waals surface area contributed by atoms with E-state index in [0.717, 1.165) is 11.3 Å². The number of hydrogen-bond donors (Lipinski definition) is 3. The Morgan fingerprint density at radius 2 is 1.89 bits per heavy atom. The van der Waals surface area contributed by atoms with Crippen LogP contribution in [0.1, 0.15) is 41.6 Å². The topological polar surface area (TPSA) is 143 Å². The number of allylic oxidation sites excluding steroid dienone is 1. The number of aromatic nitrogens is 1. The Morgan fingerprint density at radius 3 is 2.61 bits per heavy atom. The second-order valence-corrected chi connectivity index (χ2v) is 11.7. The number of aromatic carboxylic acids is 1. The molecular weight excluding hydrogens is 630 g/mol. The van der Waals surface area contributed by atoms with Gasteiger partial charge in [0.2, 0.25) is 0 Å². The van der Waals surface area contributed by atoms with Gasteiger partial charge in [0.1, 0.15) is 11.5 Å². The standard InChI is InChI=1S/C34H26ClN3O7S/c1-3-44-27-16-20(10-13-25(27)39)30-29(31(40)37-21-7-5-4-6-8-21)18(2)36-34-38(30)32(41)28(46-34)17-22-11-14-26(45-22)19-9-12-23(33(42)43)24(35)15-19/h4-17,30,39H,3H2,1-2H3,(H,37,40)(H,42,43)/b28-17-/t30-/m0/s1. The maximum atomic E-state index is 14.1. The highest BCUT2D eigenvalue weighted by Crippen LogP contribution is 2.36. The number of aromatic hydroxyl groups is 1. The van der Waals surface area contributed by atoms with Gasteiger partial charge in [-0.2, -0.15) is 0 Å². The molecule has 12 heteroatoms. The smallest absolute Gasteiger partial charge is 0.337 e. The number of halogens is 1. The highest BCUT2D eigenvalue weighted by atomic mass is 35.5. The molecule has 0 saturated heterocycles. The number of para-hydroxylation sites is 1. The number of carbonyl (C=O) groups is 2. The van der Waals surface area contributed by atoms with Crippen molar-refractivity contribution in [2.24, 2.45) is 4.99 Å². The summed E-state index contributed by atoms with van der Waals surface area (Å²) in [5.41, 5.74) is 1.96. The number of carboxylic acid groups (broad SMARTS) is 1. The molecule has 3 aromatic carbocycles. The summed E-state index contributed by atoms with van der Waals surface area (Å²) in [6, 6.07) is 20.7. The summed E-state index contributed by atoms with van der Waals surface area (Å²) >= 11 is 7.29. The van der Waals surface area contributed by atoms with Crippen LogP contribution in [0, 0.1) is 0 Å². The molecule has 6 rings (SSSR count). The molecule has 0 radical (unpaired) electrons. The molecule has 3 N–H and O–H groups in total. The van der Waals surface area contributed by atoms with E-state index in [1.807, 2.05) is 6.07 Å². The van der Waals surface area contributed by atoms with Crippen molar-refractivity contribution in [3.8, 4) is 22.8 Å². The van der Waals surface area contributed by atoms with Crippen LogP contribution < -0.4 is 24.9 Å². The number of rotatable bonds is 8. The van der Waals surface area contributed by atoms with Crippen molar-refractivity contribution in [1.82, 2.24) is 4.57 Å². The lowest BCUT2D eigenvalue weighted by Crippen LogP contribution is -2.40. The van der Waals surface area contributed by atoms with Crippen molar-refractivity contribution in [3.63, 3.8) is 0 Å². The third kappa shape index (κ3) is 5.85. The number of amides is 1. The Bertz CT molecular complexity index is 2220. The van der Waals surface area contributed by atoms with E-state index >= 15 is 0 Å². The number of carbonyl (C=O) groups excluding carboxylic acids is 1. The Kier molecular flexibility index (Phi) is 8.35. The molecule has 0 aliphatic carbocycles. The van der Waals surface area contributed by atoms with E-state index in [9.17, 15) is 24.6 Å². The number of anilines is 1. The first-order chi connectivity index (χ1) is 22.1. The molecule has 1 atom stereocenters. The number of phenols is 1. The van der Waals surface area contributed by atoms with E-state index in [1.54, 1.807) is 74.5 Å². The Morgan fingerprint density at radius 1 is 1.11 bits per heavy atom. The number of furan rings is 1. The second-order valence-electron chi connectivity index (χ2n) is 10.3. The van der Waals surface area contributed by atoms with Crippen molar-refractivity contribution in [3.05, 3.63) is 132 Å². The number of nitrogens with zero attached hydrogens (tertiary/aromatic N) is 2. The van der Waals surface area contributed by atoms with Gasteiger partial charge < -0.3 is 24.7 Å². The number of hydrogen-bond acceptors (Lipinski definition) is 8. The SMILES string of the molecule is CCOc1cc([C@H]2C(C(=O)Nc3ccccc3)=C(C)N=c3s/c(=C\c4ccc(-c5ccc(C(=O)O)c(Cl)c5)o4)c(=O)n32)ccc1O. The van der Waals surface area contributed by atoms with Crippen LogP contribution >= 0.6 is 22.9 Å². The van der Waals surface area contributed by atoms with Crippen LogP contribution in [-0.2, 0) is 4.79 Å². The largest absolute Gasteiger partial charge is 0.504 e. The molecule has 10 nitrogen and oxygen atoms in total. The first-order valence-corrected chi connectivity index (χ1v) is 15.3. The maximum Gasteiger partial charge on any atom is 0.337 e. The third-order valence-electron chi connectivity index (χ3n) is 7.28. The molecule has 46 heavy (non-hydrogen) atoms. The quantitative estimate of drug-likeness (QED) is 0.198. The van der Waals surface area contributed by atoms with Gasteiger partial charge in [0, 0.05) is 17.3 Å². The summed E-state index contributed by atoms with van der Waals surface area (Å²) in [5.74, 6) is -0.611. The van der Waals surface area contributed by atoms with Crippen molar-refractivity contribution >= 4 is 46.6 Å². The Balaban J connectivity index is 1.45. The zero-order valence-corrected chi connectivity index (χ0v) is 26.1. The normalized spacial score (nSPS) is 14.5. The molecule has 3 heterocycles. The van der Waals surface area contributed by atoms with Crippen molar-refractivity contribution in [1.29, 1.82) is 0 Å². The van der Waals surface area contributed by atoms with Crippen LogP contribution in [0.2, 0.25) is 5.02 Å². The van der Waals surface area contributed by atoms with E-state index < -0.39 is 23.5 Å². The fourth-order valence-corrected chi connectivity index (χ4v) is 6.46. The molecule has 1 aliphatic heterocycles. The number of benzene rings is 3. The average molecular weight is 656 g/mol. The van der Waals surface area contributed by atoms with E-state index in [0.29, 0.717) is 50.0 Å². The molecule has 0 spiro atoms. The fourth-order valence-electron chi connectivity index (χ4n) is 5.18. The third-order valence-corrected chi connectivity index (χ3v) is 8.58. The molecule has 1 amide bonds. The lowest BCUT2D eigenvalue weighted by Gasteiger charge is -2.26. The number of fused-ring (bicyclic) bond motifs is 1. The fraction of sp³-hybridized carbons (Fsp3) is 0.118. The van der Waals surface area contributed by atoms with E-state index in [2.05, 4.69) is 10.3 Å². The van der Waals surface area contributed by atoms with Gasteiger partial charge in [-0.05, 0) is 67.9 Å². The van der Waals surface area contributed by atoms with Crippen LogP contribution in [0.25, 0.3) is 17.4 Å². The minimum absolute atomic E-state index is 0.0259. The predicted octanol–water partition coefficient (Wildman–Crippen LogP) is 5.59. The van der Waals surface area contributed by atoms with Gasteiger partial charge in [-0.3, -0.25) is 14.2 Å². The zero-order chi connectivity index (χ0) is 32.5. The minimum Gasteiger partial charge on any atom is -0.504 e. The van der Waals surface area contributed by atoms with Gasteiger partial charge >= 0.3 is 5.97 Å². The monoisotopic (exact) mass is 655 g/mol. The molecule has 5 aromatic rings. The number of ether oxygens (including phenoxy) is 1. The van der Waals surface area contributed by atoms with Crippen LogP contribution in [-0.4, -0.2) is 33.3 Å². The van der Waals surface area contributed by atoms with Gasteiger partial charge in [-0.1, -0.05) is 53.3 Å². The summed E-state index contributed by atoms with van der Waals surface area (Å²) in [7, 11) is 0. The molecule has 1 aliphatic rings. The van der Waals surface area contributed by atoms with E-state index in [1.165, 1.54) is 22.8 Å². The summed E-state index contributed by atoms with van der Waals surface area (Å²) < 4.78 is 13.4. The number of phenolic OH excluding ortho intramolecular Hbond substituents is 1. The zero-order valence-electron chi connectivity index (χ0n) is 24.5. The maximum absolute atomic E-state index is 14.1. The lowest BCUT2D eigenvalue weighted by molar-refractivity contribution is -0.113. The van der Waals surface area contributed by atoms with Crippen molar-refractivity contribution in [2.45, 2.75) is 19.9 Å². The summed E-state index contributed by atoms with van der Waals surface area (Å²) in [6.07, 6.45) is 1.59. The van der Waals surface area contributed by atoms with Gasteiger partial charge in [0.05, 0.1) is 39.0 Å². The van der Waals surface area contributed by atoms with Crippen molar-refractivity contribution < 1.29 is 29.0 Å². The van der Waals surface area contributed by atoms with Gasteiger partial charge in [0.25, 0.3) is 11.5 Å². The van der Waals surface area contributed by atoms with Crippen LogP contribution in [0.4, 0.5) is 5.69 Å². The first-order valence-electron chi connectivity index (χ1n) is 14.1. The first kappa shape index (κ1) is 30.6. The van der Waals surface area contributed by atoms with Crippen LogP contribution in [0.5, 0.6) is 11.5 Å². The van der Waals surface area contributed by atoms with Crippen molar-refractivity contribution in [2.75, 3.05) is 11.9 Å². The summed E-state index contributed by atoms with van der Waals surface area (Å²) in [5, 5.41) is 22.6. The lowest BCUT2D eigenvalue weighted by atomic mass is 9.94. The highest BCUT2D eigenvalue weighted by Gasteiger charge is 2.33. The van der Waals surface area contributed by atoms with Crippen LogP contribution in [0.15, 0.2) is 104 Å². The predicted molar refractivity (Wildman–Crippen MR) is 174 cm³/mol. The average Bonchev–Trinajstić information content (AvgIpc) is 3.62. The summed E-state index contributed by atoms with van der Waals surface area (Å²) in [6.45, 7) is 3.81. The molecule has 0 bridgehead atoms. The Hall–Kier alpha value is -5.39. The number of nitrogens with one attached hydrogen (secondary N) is 1. The summed E-state index contributed by atoms with van der Waals surface area (Å²) in [4.78, 5) is 44.2. The molecule has 0 unspecified atom stereocenters. The number of carboxylic acids is 1.